The van der Waals surface area contributed by atoms with Gasteiger partial charge in [-0.15, -0.1) is 0 Å². The van der Waals surface area contributed by atoms with E-state index in [-0.39, 0.29) is 11.7 Å². The fourth-order valence-electron chi connectivity index (χ4n) is 1.24. The Morgan fingerprint density at radius 1 is 1.64 bits per heavy atom. The summed E-state index contributed by atoms with van der Waals surface area (Å²) >= 11 is 0. The van der Waals surface area contributed by atoms with Crippen molar-refractivity contribution in [1.29, 1.82) is 0 Å². The molecule has 4 nitrogen and oxygen atoms in total. The van der Waals surface area contributed by atoms with Crippen molar-refractivity contribution in [1.82, 2.24) is 4.98 Å². The fraction of sp³-hybridized carbons (Fsp3) is 0.400. The smallest absolute Gasteiger partial charge is 0.354 e. The van der Waals surface area contributed by atoms with Crippen LogP contribution in [0.5, 0.6) is 0 Å². The van der Waals surface area contributed by atoms with Crippen LogP contribution in [0, 0.1) is 0 Å². The summed E-state index contributed by atoms with van der Waals surface area (Å²) in [5.74, 6) is -1.02. The number of hydrogen-bond donors (Lipinski definition) is 2. The molecule has 0 amide bonds. The van der Waals surface area contributed by atoms with Crippen LogP contribution in [-0.4, -0.2) is 16.1 Å². The molecule has 1 aromatic heterocycles. The van der Waals surface area contributed by atoms with Gasteiger partial charge in [-0.05, 0) is 18.6 Å². The summed E-state index contributed by atoms with van der Waals surface area (Å²) in [5, 5.41) is 8.72. The Hall–Kier alpha value is -1.42. The first kappa shape index (κ1) is 10.7. The minimum atomic E-state index is -1.02. The van der Waals surface area contributed by atoms with Gasteiger partial charge in [-0.25, -0.2) is 9.78 Å². The number of hydrogen-bond acceptors (Lipinski definition) is 3. The molecule has 0 aliphatic rings. The third-order valence-electron chi connectivity index (χ3n) is 1.97. The Balaban J connectivity index is 2.87. The van der Waals surface area contributed by atoms with Gasteiger partial charge >= 0.3 is 5.97 Å². The Morgan fingerprint density at radius 2 is 2.36 bits per heavy atom. The van der Waals surface area contributed by atoms with Gasteiger partial charge in [-0.3, -0.25) is 0 Å². The van der Waals surface area contributed by atoms with E-state index >= 15 is 0 Å². The number of carbonyl (C=O) groups is 1. The minimum absolute atomic E-state index is 0.0500. The molecule has 1 heterocycles. The standard InChI is InChI=1S/C10H14N2O2/c1-2-4-7(11)8-5-3-6-9(12-8)10(13)14/h3,5-7H,2,4,11H2,1H3,(H,13,14). The quantitative estimate of drug-likeness (QED) is 0.762. The zero-order valence-electron chi connectivity index (χ0n) is 8.10. The zero-order valence-corrected chi connectivity index (χ0v) is 8.10. The van der Waals surface area contributed by atoms with Gasteiger partial charge in [0.25, 0.3) is 0 Å². The summed E-state index contributed by atoms with van der Waals surface area (Å²) in [7, 11) is 0. The lowest BCUT2D eigenvalue weighted by Crippen LogP contribution is -2.13. The normalized spacial score (nSPS) is 12.4. The molecule has 3 N–H and O–H groups in total. The monoisotopic (exact) mass is 194 g/mol. The molecule has 1 atom stereocenters. The van der Waals surface area contributed by atoms with Crippen LogP contribution in [0.1, 0.15) is 42.0 Å². The first-order valence-corrected chi connectivity index (χ1v) is 4.61. The van der Waals surface area contributed by atoms with E-state index in [4.69, 9.17) is 10.8 Å². The largest absolute Gasteiger partial charge is 0.477 e. The molecule has 1 rings (SSSR count). The van der Waals surface area contributed by atoms with Crippen molar-refractivity contribution in [2.75, 3.05) is 0 Å². The predicted molar refractivity (Wildman–Crippen MR) is 53.0 cm³/mol. The van der Waals surface area contributed by atoms with Crippen molar-refractivity contribution in [2.24, 2.45) is 5.73 Å². The van der Waals surface area contributed by atoms with Gasteiger partial charge < -0.3 is 10.8 Å². The Morgan fingerprint density at radius 3 is 2.93 bits per heavy atom. The second-order valence-electron chi connectivity index (χ2n) is 3.15. The summed E-state index contributed by atoms with van der Waals surface area (Å²) < 4.78 is 0. The van der Waals surface area contributed by atoms with E-state index < -0.39 is 5.97 Å². The van der Waals surface area contributed by atoms with Crippen molar-refractivity contribution < 1.29 is 9.90 Å². The van der Waals surface area contributed by atoms with Crippen LogP contribution in [0.15, 0.2) is 18.2 Å². The molecule has 0 fully saturated rings. The number of aromatic carboxylic acids is 1. The van der Waals surface area contributed by atoms with Gasteiger partial charge in [0.2, 0.25) is 0 Å². The highest BCUT2D eigenvalue weighted by atomic mass is 16.4. The highest BCUT2D eigenvalue weighted by Gasteiger charge is 2.09. The Bertz CT molecular complexity index is 326. The van der Waals surface area contributed by atoms with Crippen LogP contribution < -0.4 is 5.73 Å². The maximum absolute atomic E-state index is 10.6. The molecule has 0 radical (unpaired) electrons. The van der Waals surface area contributed by atoms with Gasteiger partial charge in [0.05, 0.1) is 5.69 Å². The molecule has 0 saturated carbocycles. The maximum Gasteiger partial charge on any atom is 0.354 e. The molecule has 1 aromatic rings. The molecular formula is C10H14N2O2. The third kappa shape index (κ3) is 2.53. The van der Waals surface area contributed by atoms with E-state index in [1.807, 2.05) is 6.92 Å². The van der Waals surface area contributed by atoms with E-state index in [0.717, 1.165) is 12.8 Å². The summed E-state index contributed by atoms with van der Waals surface area (Å²) in [6.07, 6.45) is 1.77. The van der Waals surface area contributed by atoms with Crippen LogP contribution in [0.2, 0.25) is 0 Å². The average Bonchev–Trinajstić information content (AvgIpc) is 2.18. The van der Waals surface area contributed by atoms with Gasteiger partial charge in [0.1, 0.15) is 5.69 Å². The van der Waals surface area contributed by atoms with Crippen molar-refractivity contribution >= 4 is 5.97 Å². The Labute approximate surface area is 82.8 Å². The van der Waals surface area contributed by atoms with E-state index in [9.17, 15) is 4.79 Å². The molecule has 4 heteroatoms. The van der Waals surface area contributed by atoms with Crippen molar-refractivity contribution in [3.05, 3.63) is 29.6 Å². The fourth-order valence-corrected chi connectivity index (χ4v) is 1.24. The van der Waals surface area contributed by atoms with Gasteiger partial charge in [-0.2, -0.15) is 0 Å². The summed E-state index contributed by atoms with van der Waals surface area (Å²) in [6, 6.07) is 4.72. The lowest BCUT2D eigenvalue weighted by Gasteiger charge is -2.09. The molecule has 1 unspecified atom stereocenters. The number of carboxylic acid groups (broad SMARTS) is 1. The maximum atomic E-state index is 10.6. The topological polar surface area (TPSA) is 76.2 Å². The first-order valence-electron chi connectivity index (χ1n) is 4.61. The van der Waals surface area contributed by atoms with Crippen LogP contribution in [0.25, 0.3) is 0 Å². The molecule has 0 saturated heterocycles. The highest BCUT2D eigenvalue weighted by Crippen LogP contribution is 2.13. The number of carboxylic acids is 1. The second-order valence-corrected chi connectivity index (χ2v) is 3.15. The average molecular weight is 194 g/mol. The molecule has 0 spiro atoms. The molecule has 76 valence electrons. The molecule has 14 heavy (non-hydrogen) atoms. The minimum Gasteiger partial charge on any atom is -0.477 e. The number of pyridine rings is 1. The molecule has 0 bridgehead atoms. The third-order valence-corrected chi connectivity index (χ3v) is 1.97. The molecular weight excluding hydrogens is 180 g/mol. The summed E-state index contributed by atoms with van der Waals surface area (Å²) in [5.41, 5.74) is 6.51. The molecule has 0 aromatic carbocycles. The first-order chi connectivity index (χ1) is 6.65. The van der Waals surface area contributed by atoms with Gasteiger partial charge in [-0.1, -0.05) is 19.4 Å². The number of rotatable bonds is 4. The van der Waals surface area contributed by atoms with Crippen molar-refractivity contribution in [3.8, 4) is 0 Å². The SMILES string of the molecule is CCCC(N)c1cccc(C(=O)O)n1. The number of aromatic nitrogens is 1. The number of nitrogens with zero attached hydrogens (tertiary/aromatic N) is 1. The van der Waals surface area contributed by atoms with Crippen LogP contribution in [0.4, 0.5) is 0 Å². The van der Waals surface area contributed by atoms with Crippen molar-refractivity contribution in [3.63, 3.8) is 0 Å². The molecule has 0 aliphatic heterocycles. The van der Waals surface area contributed by atoms with E-state index in [1.165, 1.54) is 6.07 Å². The number of nitrogens with two attached hydrogens (primary N) is 1. The van der Waals surface area contributed by atoms with Gasteiger partial charge in [0.15, 0.2) is 0 Å². The zero-order chi connectivity index (χ0) is 10.6. The van der Waals surface area contributed by atoms with Crippen LogP contribution in [-0.2, 0) is 0 Å². The lowest BCUT2D eigenvalue weighted by atomic mass is 10.1. The second kappa shape index (κ2) is 4.72. The van der Waals surface area contributed by atoms with E-state index in [1.54, 1.807) is 12.1 Å². The van der Waals surface area contributed by atoms with E-state index in [0.29, 0.717) is 5.69 Å². The lowest BCUT2D eigenvalue weighted by molar-refractivity contribution is 0.0690. The summed E-state index contributed by atoms with van der Waals surface area (Å²) in [6.45, 7) is 2.03. The van der Waals surface area contributed by atoms with Crippen LogP contribution in [0.3, 0.4) is 0 Å². The van der Waals surface area contributed by atoms with Gasteiger partial charge in [0, 0.05) is 6.04 Å². The Kier molecular flexibility index (Phi) is 3.59. The van der Waals surface area contributed by atoms with Crippen LogP contribution >= 0.6 is 0 Å². The molecule has 0 aliphatic carbocycles. The van der Waals surface area contributed by atoms with E-state index in [2.05, 4.69) is 4.98 Å². The predicted octanol–water partition coefficient (Wildman–Crippen LogP) is 1.58. The van der Waals surface area contributed by atoms with Crippen molar-refractivity contribution in [2.45, 2.75) is 25.8 Å². The summed E-state index contributed by atoms with van der Waals surface area (Å²) in [4.78, 5) is 14.6. The highest BCUT2D eigenvalue weighted by molar-refractivity contribution is 5.85.